The van der Waals surface area contributed by atoms with Crippen LogP contribution in [-0.2, 0) is 25.2 Å². The van der Waals surface area contributed by atoms with Crippen molar-refractivity contribution in [1.82, 2.24) is 10.3 Å². The third-order valence-corrected chi connectivity index (χ3v) is 4.81. The van der Waals surface area contributed by atoms with E-state index in [1.807, 2.05) is 0 Å². The summed E-state index contributed by atoms with van der Waals surface area (Å²) < 4.78 is 23.7. The van der Waals surface area contributed by atoms with Gasteiger partial charge in [-0.2, -0.15) is 0 Å². The highest BCUT2D eigenvalue weighted by molar-refractivity contribution is 7.90. The summed E-state index contributed by atoms with van der Waals surface area (Å²) in [5, 5.41) is 13.1. The van der Waals surface area contributed by atoms with Crippen LogP contribution in [0.3, 0.4) is 0 Å². The van der Waals surface area contributed by atoms with Crippen LogP contribution in [0.1, 0.15) is 17.6 Å². The lowest BCUT2D eigenvalue weighted by Gasteiger charge is -2.12. The van der Waals surface area contributed by atoms with E-state index in [2.05, 4.69) is 10.3 Å². The first kappa shape index (κ1) is 15.6. The van der Waals surface area contributed by atoms with Crippen molar-refractivity contribution in [3.8, 4) is 0 Å². The van der Waals surface area contributed by atoms with E-state index in [-0.39, 0.29) is 5.75 Å². The van der Waals surface area contributed by atoms with Crippen molar-refractivity contribution in [3.63, 3.8) is 0 Å². The molecule has 0 aliphatic heterocycles. The van der Waals surface area contributed by atoms with E-state index in [0.29, 0.717) is 10.7 Å². The number of hydrogen-bond donors (Lipinski definition) is 2. The van der Waals surface area contributed by atoms with Crippen LogP contribution in [0.15, 0.2) is 5.38 Å². The number of carboxylic acids is 1. The van der Waals surface area contributed by atoms with Gasteiger partial charge < -0.3 is 10.4 Å². The Bertz CT molecular complexity index is 578. The maximum absolute atomic E-state index is 11.9. The van der Waals surface area contributed by atoms with E-state index in [1.54, 1.807) is 12.3 Å². The lowest BCUT2D eigenvalue weighted by molar-refractivity contribution is -0.140. The zero-order chi connectivity index (χ0) is 14.6. The van der Waals surface area contributed by atoms with Crippen LogP contribution < -0.4 is 5.32 Å². The summed E-state index contributed by atoms with van der Waals surface area (Å²) in [6, 6.07) is -1.44. The zero-order valence-electron chi connectivity index (χ0n) is 10.4. The maximum atomic E-state index is 11.9. The fraction of sp³-hybridized carbons (Fsp3) is 0.500. The monoisotopic (exact) mass is 306 g/mol. The maximum Gasteiger partial charge on any atom is 0.327 e. The molecule has 0 saturated carbocycles. The molecule has 0 radical (unpaired) electrons. The molecule has 0 aliphatic carbocycles. The van der Waals surface area contributed by atoms with Gasteiger partial charge in [0.15, 0.2) is 9.84 Å². The Labute approximate surface area is 114 Å². The van der Waals surface area contributed by atoms with Crippen LogP contribution in [-0.4, -0.2) is 42.2 Å². The molecule has 1 aromatic rings. The molecule has 19 heavy (non-hydrogen) atoms. The van der Waals surface area contributed by atoms with E-state index >= 15 is 0 Å². The number of sulfone groups is 1. The molecule has 7 nitrogen and oxygen atoms in total. The summed E-state index contributed by atoms with van der Waals surface area (Å²) >= 11 is 1.20. The predicted molar refractivity (Wildman–Crippen MR) is 69.6 cm³/mol. The molecular weight excluding hydrogens is 292 g/mol. The molecule has 1 unspecified atom stereocenters. The molecule has 106 valence electrons. The molecule has 1 rings (SSSR count). The van der Waals surface area contributed by atoms with Gasteiger partial charge >= 0.3 is 5.97 Å². The Balaban J connectivity index is 2.76. The Hall–Kier alpha value is -1.48. The fourth-order valence-corrected chi connectivity index (χ4v) is 4.05. The molecule has 0 fully saturated rings. The van der Waals surface area contributed by atoms with Crippen LogP contribution in [0.2, 0.25) is 0 Å². The molecule has 0 saturated heterocycles. The number of aryl methyl sites for hydroxylation is 1. The van der Waals surface area contributed by atoms with Crippen molar-refractivity contribution in [2.75, 3.05) is 5.75 Å². The summed E-state index contributed by atoms with van der Waals surface area (Å²) in [5.74, 6) is -2.95. The molecule has 0 bridgehead atoms. The van der Waals surface area contributed by atoms with Gasteiger partial charge in [0.1, 0.15) is 16.8 Å². The molecule has 1 amide bonds. The quantitative estimate of drug-likeness (QED) is 0.762. The Morgan fingerprint density at radius 2 is 2.16 bits per heavy atom. The van der Waals surface area contributed by atoms with Crippen molar-refractivity contribution in [2.45, 2.75) is 25.6 Å². The highest BCUT2D eigenvalue weighted by atomic mass is 32.2. The largest absolute Gasteiger partial charge is 0.480 e. The Morgan fingerprint density at radius 3 is 2.58 bits per heavy atom. The number of aromatic nitrogens is 1. The topological polar surface area (TPSA) is 113 Å². The summed E-state index contributed by atoms with van der Waals surface area (Å²) in [4.78, 5) is 25.7. The second-order valence-corrected chi connectivity index (χ2v) is 7.08. The lowest BCUT2D eigenvalue weighted by Crippen LogP contribution is -2.44. The standard InChI is InChI=1S/C10H14N2O5S2/c1-6-3-18-9(11-6)5-19(16,17)4-8(10(14)15)12-7(2)13/h3,8H,4-5H2,1-2H3,(H,12,13)(H,14,15). The third-order valence-electron chi connectivity index (χ3n) is 2.11. The molecule has 2 N–H and O–H groups in total. The first-order valence-electron chi connectivity index (χ1n) is 5.31. The number of rotatable bonds is 6. The highest BCUT2D eigenvalue weighted by Gasteiger charge is 2.26. The molecule has 1 heterocycles. The van der Waals surface area contributed by atoms with Gasteiger partial charge in [-0.1, -0.05) is 0 Å². The van der Waals surface area contributed by atoms with E-state index in [9.17, 15) is 18.0 Å². The van der Waals surface area contributed by atoms with Gasteiger partial charge in [-0.05, 0) is 6.92 Å². The molecule has 0 aromatic carbocycles. The molecule has 0 spiro atoms. The lowest BCUT2D eigenvalue weighted by atomic mass is 10.3. The number of hydrogen-bond acceptors (Lipinski definition) is 6. The molecule has 0 aliphatic rings. The van der Waals surface area contributed by atoms with Gasteiger partial charge in [0, 0.05) is 18.0 Å². The van der Waals surface area contributed by atoms with Crippen molar-refractivity contribution in [3.05, 3.63) is 16.1 Å². The summed E-state index contributed by atoms with van der Waals surface area (Å²) in [7, 11) is -3.66. The number of carbonyl (C=O) groups is 2. The van der Waals surface area contributed by atoms with Crippen molar-refractivity contribution in [2.24, 2.45) is 0 Å². The number of amides is 1. The van der Waals surface area contributed by atoms with E-state index in [1.165, 1.54) is 11.3 Å². The second kappa shape index (κ2) is 6.11. The van der Waals surface area contributed by atoms with Crippen molar-refractivity contribution >= 4 is 33.1 Å². The molecular formula is C10H14N2O5S2. The molecule has 1 aromatic heterocycles. The summed E-state index contributed by atoms with van der Waals surface area (Å²) in [6.45, 7) is 2.87. The number of carboxylic acid groups (broad SMARTS) is 1. The van der Waals surface area contributed by atoms with Crippen LogP contribution >= 0.6 is 11.3 Å². The van der Waals surface area contributed by atoms with Crippen LogP contribution in [0.5, 0.6) is 0 Å². The van der Waals surface area contributed by atoms with Crippen LogP contribution in [0.25, 0.3) is 0 Å². The SMILES string of the molecule is CC(=O)NC(CS(=O)(=O)Cc1nc(C)cs1)C(=O)O. The normalized spacial score (nSPS) is 12.9. The van der Waals surface area contributed by atoms with Gasteiger partial charge in [0.05, 0.1) is 5.75 Å². The predicted octanol–water partition coefficient (Wildman–Crippen LogP) is -0.0444. The van der Waals surface area contributed by atoms with Crippen LogP contribution in [0.4, 0.5) is 0 Å². The summed E-state index contributed by atoms with van der Waals surface area (Å²) in [6.07, 6.45) is 0. The van der Waals surface area contributed by atoms with Crippen molar-refractivity contribution < 1.29 is 23.1 Å². The number of carbonyl (C=O) groups excluding carboxylic acids is 1. The van der Waals surface area contributed by atoms with E-state index in [4.69, 9.17) is 5.11 Å². The first-order valence-corrected chi connectivity index (χ1v) is 8.01. The average molecular weight is 306 g/mol. The fourth-order valence-electron chi connectivity index (χ4n) is 1.39. The number of nitrogens with zero attached hydrogens (tertiary/aromatic N) is 1. The number of thiazole rings is 1. The minimum atomic E-state index is -3.66. The minimum Gasteiger partial charge on any atom is -0.480 e. The third kappa shape index (κ3) is 5.35. The number of nitrogens with one attached hydrogen (secondary N) is 1. The van der Waals surface area contributed by atoms with Gasteiger partial charge in [-0.15, -0.1) is 11.3 Å². The number of aliphatic carboxylic acids is 1. The Morgan fingerprint density at radius 1 is 1.53 bits per heavy atom. The molecule has 1 atom stereocenters. The van der Waals surface area contributed by atoms with E-state index in [0.717, 1.165) is 6.92 Å². The van der Waals surface area contributed by atoms with Crippen molar-refractivity contribution in [1.29, 1.82) is 0 Å². The van der Waals surface area contributed by atoms with Gasteiger partial charge in [0.2, 0.25) is 5.91 Å². The van der Waals surface area contributed by atoms with Gasteiger partial charge in [-0.25, -0.2) is 18.2 Å². The van der Waals surface area contributed by atoms with Crippen LogP contribution in [0, 0.1) is 6.92 Å². The van der Waals surface area contributed by atoms with Gasteiger partial charge in [-0.3, -0.25) is 4.79 Å². The summed E-state index contributed by atoms with van der Waals surface area (Å²) in [5.41, 5.74) is 0.715. The smallest absolute Gasteiger partial charge is 0.327 e. The Kier molecular flexibility index (Phi) is 5.01. The minimum absolute atomic E-state index is 0.325. The van der Waals surface area contributed by atoms with Gasteiger partial charge in [0.25, 0.3) is 0 Å². The zero-order valence-corrected chi connectivity index (χ0v) is 12.0. The molecule has 9 heteroatoms. The van der Waals surface area contributed by atoms with E-state index < -0.39 is 33.5 Å². The second-order valence-electron chi connectivity index (χ2n) is 4.03. The first-order chi connectivity index (χ1) is 8.69. The average Bonchev–Trinajstić information content (AvgIpc) is 2.60. The highest BCUT2D eigenvalue weighted by Crippen LogP contribution is 2.13.